The lowest BCUT2D eigenvalue weighted by Gasteiger charge is -2.32. The van der Waals surface area contributed by atoms with Crippen LogP contribution in [0.3, 0.4) is 0 Å². The number of hydrogen-bond donors (Lipinski definition) is 1. The molecule has 2 aliphatic carbocycles. The van der Waals surface area contributed by atoms with Crippen molar-refractivity contribution in [1.29, 1.82) is 0 Å². The maximum Gasteiger partial charge on any atom is 0.0585 e. The number of hydrogen-bond acceptors (Lipinski definition) is 2. The third-order valence-corrected chi connectivity index (χ3v) is 5.51. The van der Waals surface area contributed by atoms with Gasteiger partial charge in [0.1, 0.15) is 0 Å². The fraction of sp³-hybridized carbons (Fsp3) is 0.882. The molecule has 0 radical (unpaired) electrons. The Morgan fingerprint density at radius 3 is 2.42 bits per heavy atom. The van der Waals surface area contributed by atoms with Gasteiger partial charge in [0.25, 0.3) is 0 Å². The van der Waals surface area contributed by atoms with Gasteiger partial charge in [0, 0.05) is 11.9 Å². The van der Waals surface area contributed by atoms with Crippen molar-refractivity contribution in [3.63, 3.8) is 0 Å². The van der Waals surface area contributed by atoms with Gasteiger partial charge in [-0.3, -0.25) is 0 Å². The highest BCUT2D eigenvalue weighted by Gasteiger charge is 2.27. The Morgan fingerprint density at radius 2 is 1.79 bits per heavy atom. The lowest BCUT2D eigenvalue weighted by atomic mass is 9.81. The molecule has 0 saturated heterocycles. The molecule has 0 aromatic carbocycles. The molecule has 0 aromatic heterocycles. The summed E-state index contributed by atoms with van der Waals surface area (Å²) in [6, 6.07) is 0. The summed E-state index contributed by atoms with van der Waals surface area (Å²) in [6.45, 7) is 5.31. The molecule has 2 rings (SSSR count). The van der Waals surface area contributed by atoms with Crippen molar-refractivity contribution >= 4 is 12.6 Å². The quantitative estimate of drug-likeness (QED) is 0.571. The van der Waals surface area contributed by atoms with Gasteiger partial charge in [0.05, 0.1) is 6.10 Å². The highest BCUT2D eigenvalue weighted by Crippen LogP contribution is 2.33. The van der Waals surface area contributed by atoms with E-state index in [1.54, 1.807) is 0 Å². The fourth-order valence-electron chi connectivity index (χ4n) is 3.52. The second-order valence-electron chi connectivity index (χ2n) is 6.53. The van der Waals surface area contributed by atoms with E-state index in [-0.39, 0.29) is 0 Å². The zero-order chi connectivity index (χ0) is 13.7. The van der Waals surface area contributed by atoms with Crippen LogP contribution in [0.5, 0.6) is 0 Å². The van der Waals surface area contributed by atoms with Crippen molar-refractivity contribution in [2.75, 3.05) is 6.61 Å². The number of allylic oxidation sites excluding steroid dienone is 2. The zero-order valence-corrected chi connectivity index (χ0v) is 13.4. The standard InChI is InChI=1S/C17H30OS/c1-3-18-16-11-10-15(17(19)12-16)9-8-14-6-4-13(2)5-7-14/h8-9,13-17,19H,3-7,10-12H2,1-2H3. The van der Waals surface area contributed by atoms with Crippen LogP contribution in [0.1, 0.15) is 58.8 Å². The first-order valence-corrected chi connectivity index (χ1v) is 8.68. The van der Waals surface area contributed by atoms with Crippen LogP contribution in [0.4, 0.5) is 0 Å². The predicted octanol–water partition coefficient (Wildman–Crippen LogP) is 4.87. The highest BCUT2D eigenvalue weighted by atomic mass is 32.1. The van der Waals surface area contributed by atoms with E-state index in [9.17, 15) is 0 Å². The Labute approximate surface area is 124 Å². The summed E-state index contributed by atoms with van der Waals surface area (Å²) >= 11 is 4.79. The van der Waals surface area contributed by atoms with Crippen molar-refractivity contribution in [3.05, 3.63) is 12.2 Å². The molecule has 2 fully saturated rings. The van der Waals surface area contributed by atoms with Crippen molar-refractivity contribution in [2.45, 2.75) is 70.1 Å². The van der Waals surface area contributed by atoms with Gasteiger partial charge in [-0.25, -0.2) is 0 Å². The van der Waals surface area contributed by atoms with Crippen molar-refractivity contribution in [2.24, 2.45) is 17.8 Å². The van der Waals surface area contributed by atoms with E-state index < -0.39 is 0 Å². The Balaban J connectivity index is 1.76. The molecular weight excluding hydrogens is 252 g/mol. The van der Waals surface area contributed by atoms with Crippen LogP contribution in [0.15, 0.2) is 12.2 Å². The highest BCUT2D eigenvalue weighted by molar-refractivity contribution is 7.81. The predicted molar refractivity (Wildman–Crippen MR) is 85.8 cm³/mol. The summed E-state index contributed by atoms with van der Waals surface area (Å²) in [5.74, 6) is 2.45. The van der Waals surface area contributed by atoms with E-state index in [0.29, 0.717) is 17.3 Å². The lowest BCUT2D eigenvalue weighted by Crippen LogP contribution is -2.29. The Kier molecular flexibility index (Phi) is 6.28. The summed E-state index contributed by atoms with van der Waals surface area (Å²) in [5.41, 5.74) is 0. The smallest absolute Gasteiger partial charge is 0.0585 e. The van der Waals surface area contributed by atoms with Crippen molar-refractivity contribution in [1.82, 2.24) is 0 Å². The lowest BCUT2D eigenvalue weighted by molar-refractivity contribution is 0.0325. The first-order chi connectivity index (χ1) is 9.19. The van der Waals surface area contributed by atoms with E-state index in [1.807, 2.05) is 0 Å². The Morgan fingerprint density at radius 1 is 1.05 bits per heavy atom. The molecule has 1 nitrogen and oxygen atoms in total. The molecule has 0 aliphatic heterocycles. The zero-order valence-electron chi connectivity index (χ0n) is 12.6. The monoisotopic (exact) mass is 282 g/mol. The minimum absolute atomic E-state index is 0.452. The fourth-order valence-corrected chi connectivity index (χ4v) is 4.01. The first kappa shape index (κ1) is 15.4. The van der Waals surface area contributed by atoms with Crippen molar-refractivity contribution in [3.8, 4) is 0 Å². The van der Waals surface area contributed by atoms with Gasteiger partial charge < -0.3 is 4.74 Å². The van der Waals surface area contributed by atoms with Crippen LogP contribution in [0, 0.1) is 17.8 Å². The van der Waals surface area contributed by atoms with Crippen molar-refractivity contribution < 1.29 is 4.74 Å². The molecule has 2 saturated carbocycles. The third-order valence-electron chi connectivity index (χ3n) is 4.91. The molecule has 3 atom stereocenters. The SMILES string of the molecule is CCOC1CCC(C=CC2CCC(C)CC2)C(S)C1. The normalized spacial score (nSPS) is 40.7. The molecule has 19 heavy (non-hydrogen) atoms. The molecule has 2 aliphatic rings. The summed E-state index contributed by atoms with van der Waals surface area (Å²) in [4.78, 5) is 0. The van der Waals surface area contributed by atoms with E-state index in [4.69, 9.17) is 17.4 Å². The molecule has 0 heterocycles. The van der Waals surface area contributed by atoms with Crippen LogP contribution < -0.4 is 0 Å². The summed E-state index contributed by atoms with van der Waals surface area (Å²) < 4.78 is 5.73. The first-order valence-electron chi connectivity index (χ1n) is 8.17. The Bertz CT molecular complexity index is 281. The molecule has 0 spiro atoms. The number of rotatable bonds is 4. The number of thiol groups is 1. The van der Waals surface area contributed by atoms with Gasteiger partial charge in [0.2, 0.25) is 0 Å². The second kappa shape index (κ2) is 7.73. The summed E-state index contributed by atoms with van der Waals surface area (Å²) in [7, 11) is 0. The topological polar surface area (TPSA) is 9.23 Å². The molecule has 0 amide bonds. The summed E-state index contributed by atoms with van der Waals surface area (Å²) in [6.07, 6.45) is 14.6. The van der Waals surface area contributed by atoms with Gasteiger partial charge in [-0.1, -0.05) is 31.9 Å². The molecular formula is C17H30OS. The molecule has 0 N–H and O–H groups in total. The van der Waals surface area contributed by atoms with E-state index in [1.165, 1.54) is 38.5 Å². The largest absolute Gasteiger partial charge is 0.378 e. The van der Waals surface area contributed by atoms with Crippen LogP contribution >= 0.6 is 12.6 Å². The molecule has 110 valence electrons. The molecule has 0 bridgehead atoms. The maximum atomic E-state index is 5.73. The minimum atomic E-state index is 0.452. The van der Waals surface area contributed by atoms with Gasteiger partial charge >= 0.3 is 0 Å². The van der Waals surface area contributed by atoms with Crippen LogP contribution in [-0.4, -0.2) is 18.0 Å². The number of ether oxygens (including phenoxy) is 1. The van der Waals surface area contributed by atoms with Gasteiger partial charge in [-0.15, -0.1) is 0 Å². The molecule has 3 unspecified atom stereocenters. The van der Waals surface area contributed by atoms with Crippen LogP contribution in [0.25, 0.3) is 0 Å². The molecule has 2 heteroatoms. The van der Waals surface area contributed by atoms with E-state index in [2.05, 4.69) is 26.0 Å². The average molecular weight is 282 g/mol. The summed E-state index contributed by atoms with van der Waals surface area (Å²) in [5, 5.41) is 0.490. The third kappa shape index (κ3) is 4.82. The van der Waals surface area contributed by atoms with Gasteiger partial charge in [-0.05, 0) is 56.8 Å². The van der Waals surface area contributed by atoms with E-state index in [0.717, 1.165) is 24.9 Å². The van der Waals surface area contributed by atoms with E-state index >= 15 is 0 Å². The minimum Gasteiger partial charge on any atom is -0.378 e. The van der Waals surface area contributed by atoms with Crippen LogP contribution in [0.2, 0.25) is 0 Å². The second-order valence-corrected chi connectivity index (χ2v) is 7.19. The Hall–Kier alpha value is 0.0500. The maximum absolute atomic E-state index is 5.73. The molecule has 0 aromatic rings. The van der Waals surface area contributed by atoms with Crippen LogP contribution in [-0.2, 0) is 4.74 Å². The van der Waals surface area contributed by atoms with Gasteiger partial charge in [-0.2, -0.15) is 12.6 Å². The van der Waals surface area contributed by atoms with Gasteiger partial charge in [0.15, 0.2) is 0 Å². The average Bonchev–Trinajstić information content (AvgIpc) is 2.40.